The molecule has 0 radical (unpaired) electrons. The molecule has 0 fully saturated rings. The van der Waals surface area contributed by atoms with Crippen molar-refractivity contribution >= 4 is 0 Å². The molecule has 3 nitrogen and oxygen atoms in total. The van der Waals surface area contributed by atoms with Gasteiger partial charge in [0, 0.05) is 12.5 Å². The lowest BCUT2D eigenvalue weighted by molar-refractivity contribution is -0.136. The SMILES string of the molecule is CCCNC(CCC(F)(F)F)c1c(OC)cccc1OC. The minimum absolute atomic E-state index is 0.0553. The lowest BCUT2D eigenvalue weighted by atomic mass is 9.99. The zero-order valence-electron chi connectivity index (χ0n) is 12.6. The maximum absolute atomic E-state index is 12.5. The van der Waals surface area contributed by atoms with E-state index in [1.165, 1.54) is 14.2 Å². The third-order valence-electron chi connectivity index (χ3n) is 3.17. The van der Waals surface area contributed by atoms with Crippen LogP contribution in [0.1, 0.15) is 37.8 Å². The Balaban J connectivity index is 3.06. The number of hydrogen-bond acceptors (Lipinski definition) is 3. The third-order valence-corrected chi connectivity index (χ3v) is 3.17. The van der Waals surface area contributed by atoms with Crippen LogP contribution in [0.4, 0.5) is 13.2 Å². The number of hydrogen-bond donors (Lipinski definition) is 1. The molecule has 0 amide bonds. The topological polar surface area (TPSA) is 30.5 Å². The molecule has 6 heteroatoms. The number of alkyl halides is 3. The summed E-state index contributed by atoms with van der Waals surface area (Å²) in [7, 11) is 3.00. The number of halogens is 3. The largest absolute Gasteiger partial charge is 0.496 e. The number of ether oxygens (including phenoxy) is 2. The molecule has 1 N–H and O–H groups in total. The number of benzene rings is 1. The zero-order valence-corrected chi connectivity index (χ0v) is 12.6. The van der Waals surface area contributed by atoms with Crippen LogP contribution < -0.4 is 14.8 Å². The van der Waals surface area contributed by atoms with Crippen LogP contribution in [0.3, 0.4) is 0 Å². The maximum Gasteiger partial charge on any atom is 0.389 e. The van der Waals surface area contributed by atoms with E-state index >= 15 is 0 Å². The minimum Gasteiger partial charge on any atom is -0.496 e. The van der Waals surface area contributed by atoms with Crippen LogP contribution in [0.5, 0.6) is 11.5 Å². The molecule has 21 heavy (non-hydrogen) atoms. The predicted molar refractivity (Wildman–Crippen MR) is 75.9 cm³/mol. The first-order chi connectivity index (χ1) is 9.92. The Morgan fingerprint density at radius 2 is 1.71 bits per heavy atom. The first-order valence-corrected chi connectivity index (χ1v) is 6.94. The fraction of sp³-hybridized carbons (Fsp3) is 0.600. The van der Waals surface area contributed by atoms with Gasteiger partial charge in [0.05, 0.1) is 19.8 Å². The Morgan fingerprint density at radius 3 is 2.14 bits per heavy atom. The summed E-state index contributed by atoms with van der Waals surface area (Å²) >= 11 is 0. The molecular weight excluding hydrogens is 283 g/mol. The van der Waals surface area contributed by atoms with Crippen molar-refractivity contribution in [1.29, 1.82) is 0 Å². The molecule has 1 unspecified atom stereocenters. The highest BCUT2D eigenvalue weighted by Crippen LogP contribution is 2.37. The van der Waals surface area contributed by atoms with Gasteiger partial charge in [0.15, 0.2) is 0 Å². The van der Waals surface area contributed by atoms with E-state index in [0.717, 1.165) is 6.42 Å². The van der Waals surface area contributed by atoms with Gasteiger partial charge < -0.3 is 14.8 Å². The average Bonchev–Trinajstić information content (AvgIpc) is 2.45. The molecule has 0 aromatic heterocycles. The van der Waals surface area contributed by atoms with Gasteiger partial charge in [0.1, 0.15) is 11.5 Å². The van der Waals surface area contributed by atoms with Crippen LogP contribution in [-0.4, -0.2) is 26.9 Å². The normalized spacial score (nSPS) is 13.0. The summed E-state index contributed by atoms with van der Waals surface area (Å²) in [4.78, 5) is 0. The Morgan fingerprint density at radius 1 is 1.14 bits per heavy atom. The molecule has 0 aliphatic rings. The Hall–Kier alpha value is -1.43. The van der Waals surface area contributed by atoms with Gasteiger partial charge in [0.2, 0.25) is 0 Å². The lowest BCUT2D eigenvalue weighted by Crippen LogP contribution is -2.25. The monoisotopic (exact) mass is 305 g/mol. The van der Waals surface area contributed by atoms with Gasteiger partial charge >= 0.3 is 6.18 Å². The van der Waals surface area contributed by atoms with E-state index in [1.54, 1.807) is 18.2 Å². The summed E-state index contributed by atoms with van der Waals surface area (Å²) < 4.78 is 48.1. The fourth-order valence-electron chi connectivity index (χ4n) is 2.20. The molecule has 0 bridgehead atoms. The zero-order chi connectivity index (χ0) is 15.9. The van der Waals surface area contributed by atoms with Gasteiger partial charge in [-0.1, -0.05) is 13.0 Å². The summed E-state index contributed by atoms with van der Waals surface area (Å²) in [5.74, 6) is 1.07. The lowest BCUT2D eigenvalue weighted by Gasteiger charge is -2.24. The van der Waals surface area contributed by atoms with Gasteiger partial charge in [0.25, 0.3) is 0 Å². The summed E-state index contributed by atoms with van der Waals surface area (Å²) in [6.45, 7) is 2.59. The van der Waals surface area contributed by atoms with Crippen molar-refractivity contribution in [2.24, 2.45) is 0 Å². The summed E-state index contributed by atoms with van der Waals surface area (Å²) in [6, 6.07) is 4.75. The van der Waals surface area contributed by atoms with Crippen molar-refractivity contribution in [3.8, 4) is 11.5 Å². The molecule has 0 aliphatic heterocycles. The minimum atomic E-state index is -4.18. The van der Waals surface area contributed by atoms with Crippen molar-refractivity contribution in [3.05, 3.63) is 23.8 Å². The average molecular weight is 305 g/mol. The van der Waals surface area contributed by atoms with E-state index in [9.17, 15) is 13.2 Å². The van der Waals surface area contributed by atoms with E-state index in [1.807, 2.05) is 6.92 Å². The molecule has 1 aromatic rings. The first kappa shape index (κ1) is 17.6. The van der Waals surface area contributed by atoms with Crippen LogP contribution in [0.2, 0.25) is 0 Å². The first-order valence-electron chi connectivity index (χ1n) is 6.94. The molecule has 0 saturated heterocycles. The van der Waals surface area contributed by atoms with Crippen molar-refractivity contribution < 1.29 is 22.6 Å². The van der Waals surface area contributed by atoms with Crippen LogP contribution in [0, 0.1) is 0 Å². The molecule has 0 saturated carbocycles. The van der Waals surface area contributed by atoms with E-state index in [4.69, 9.17) is 9.47 Å². The molecule has 120 valence electrons. The second-order valence-electron chi connectivity index (χ2n) is 4.74. The number of nitrogens with one attached hydrogen (secondary N) is 1. The molecular formula is C15H22F3NO2. The third kappa shape index (κ3) is 5.46. The van der Waals surface area contributed by atoms with E-state index in [2.05, 4.69) is 5.32 Å². The Bertz CT molecular complexity index is 413. The van der Waals surface area contributed by atoms with Crippen molar-refractivity contribution in [3.63, 3.8) is 0 Å². The van der Waals surface area contributed by atoms with Gasteiger partial charge in [-0.3, -0.25) is 0 Å². The predicted octanol–water partition coefficient (Wildman–Crippen LogP) is 4.09. The van der Waals surface area contributed by atoms with Crippen molar-refractivity contribution in [2.45, 2.75) is 38.4 Å². The van der Waals surface area contributed by atoms with Crippen LogP contribution in [-0.2, 0) is 0 Å². The van der Waals surface area contributed by atoms with Crippen molar-refractivity contribution in [2.75, 3.05) is 20.8 Å². The molecule has 0 aliphatic carbocycles. The van der Waals surface area contributed by atoms with Gasteiger partial charge in [-0.2, -0.15) is 13.2 Å². The Kier molecular flexibility index (Phi) is 6.81. The fourth-order valence-corrected chi connectivity index (χ4v) is 2.20. The highest BCUT2D eigenvalue weighted by atomic mass is 19.4. The van der Waals surface area contributed by atoms with Gasteiger partial charge in [-0.05, 0) is 31.5 Å². The second kappa shape index (κ2) is 8.12. The molecule has 1 atom stereocenters. The van der Waals surface area contributed by atoms with E-state index in [-0.39, 0.29) is 6.42 Å². The van der Waals surface area contributed by atoms with E-state index in [0.29, 0.717) is 23.6 Å². The van der Waals surface area contributed by atoms with E-state index < -0.39 is 18.6 Å². The smallest absolute Gasteiger partial charge is 0.389 e. The summed E-state index contributed by atoms with van der Waals surface area (Å²) in [6.07, 6.45) is -4.25. The molecule has 0 spiro atoms. The molecule has 1 aromatic carbocycles. The molecule has 1 rings (SSSR count). The standard InChI is InChI=1S/C15H22F3NO2/c1-4-10-19-11(8-9-15(16,17)18)14-12(20-2)6-5-7-13(14)21-3/h5-7,11,19H,4,8-10H2,1-3H3. The quantitative estimate of drug-likeness (QED) is 0.785. The van der Waals surface area contributed by atoms with Crippen LogP contribution in [0.15, 0.2) is 18.2 Å². The second-order valence-corrected chi connectivity index (χ2v) is 4.74. The number of methoxy groups -OCH3 is 2. The van der Waals surface area contributed by atoms with Crippen molar-refractivity contribution in [1.82, 2.24) is 5.32 Å². The highest BCUT2D eigenvalue weighted by molar-refractivity contribution is 5.47. The Labute approximate surface area is 123 Å². The van der Waals surface area contributed by atoms with Crippen LogP contribution in [0.25, 0.3) is 0 Å². The highest BCUT2D eigenvalue weighted by Gasteiger charge is 2.30. The van der Waals surface area contributed by atoms with Gasteiger partial charge in [-0.15, -0.1) is 0 Å². The van der Waals surface area contributed by atoms with Crippen LogP contribution >= 0.6 is 0 Å². The molecule has 0 heterocycles. The maximum atomic E-state index is 12.5. The summed E-state index contributed by atoms with van der Waals surface area (Å²) in [5, 5.41) is 3.15. The summed E-state index contributed by atoms with van der Waals surface area (Å²) in [5.41, 5.74) is 0.639. The van der Waals surface area contributed by atoms with Gasteiger partial charge in [-0.25, -0.2) is 0 Å². The number of rotatable bonds is 8.